The van der Waals surface area contributed by atoms with Gasteiger partial charge in [-0.1, -0.05) is 32.9 Å². The predicted octanol–water partition coefficient (Wildman–Crippen LogP) is 2.63. The van der Waals surface area contributed by atoms with Crippen molar-refractivity contribution in [3.63, 3.8) is 0 Å². The fourth-order valence-electron chi connectivity index (χ4n) is 3.97. The van der Waals surface area contributed by atoms with Crippen LogP contribution in [0.1, 0.15) is 51.8 Å². The van der Waals surface area contributed by atoms with Gasteiger partial charge in [0.2, 0.25) is 17.7 Å². The molecule has 0 radical (unpaired) electrons. The second-order valence-corrected chi connectivity index (χ2v) is 6.85. The summed E-state index contributed by atoms with van der Waals surface area (Å²) in [7, 11) is 0. The zero-order valence-corrected chi connectivity index (χ0v) is 13.0. The van der Waals surface area contributed by atoms with Crippen molar-refractivity contribution < 1.29 is 9.21 Å². The van der Waals surface area contributed by atoms with Crippen LogP contribution < -0.4 is 5.32 Å². The highest BCUT2D eigenvalue weighted by Gasteiger charge is 2.60. The fourth-order valence-corrected chi connectivity index (χ4v) is 3.97. The van der Waals surface area contributed by atoms with Gasteiger partial charge in [-0.05, 0) is 30.6 Å². The van der Waals surface area contributed by atoms with E-state index in [0.29, 0.717) is 30.7 Å². The third-order valence-corrected chi connectivity index (χ3v) is 5.54. The Labute approximate surface area is 125 Å². The summed E-state index contributed by atoms with van der Waals surface area (Å²) in [4.78, 5) is 12.7. The first-order valence-electron chi connectivity index (χ1n) is 7.69. The van der Waals surface area contributed by atoms with E-state index in [-0.39, 0.29) is 16.7 Å². The van der Waals surface area contributed by atoms with Crippen LogP contribution in [0.3, 0.4) is 0 Å². The molecule has 1 aromatic heterocycles. The monoisotopic (exact) mass is 289 g/mol. The Bertz CT molecular complexity index is 590. The first-order valence-corrected chi connectivity index (χ1v) is 7.69. The number of fused-ring (bicyclic) bond motifs is 2. The van der Waals surface area contributed by atoms with Gasteiger partial charge in [-0.2, -0.15) is 0 Å². The molecule has 0 unspecified atom stereocenters. The number of amides is 1. The predicted molar refractivity (Wildman–Crippen MR) is 78.2 cm³/mol. The van der Waals surface area contributed by atoms with E-state index in [1.807, 2.05) is 6.92 Å². The highest BCUT2D eigenvalue weighted by atomic mass is 16.4. The minimum atomic E-state index is -0.387. The lowest BCUT2D eigenvalue weighted by Crippen LogP contribution is -2.41. The van der Waals surface area contributed by atoms with Gasteiger partial charge in [-0.25, -0.2) is 0 Å². The third-order valence-electron chi connectivity index (χ3n) is 5.54. The van der Waals surface area contributed by atoms with E-state index in [0.717, 1.165) is 24.8 Å². The topological polar surface area (TPSA) is 68.0 Å². The normalized spacial score (nSPS) is 29.9. The van der Waals surface area contributed by atoms with E-state index in [1.165, 1.54) is 0 Å². The molecule has 2 atom stereocenters. The van der Waals surface area contributed by atoms with Crippen LogP contribution in [0.2, 0.25) is 0 Å². The highest BCUT2D eigenvalue weighted by molar-refractivity contribution is 5.87. The van der Waals surface area contributed by atoms with Gasteiger partial charge in [0.25, 0.3) is 0 Å². The number of aromatic nitrogens is 2. The molecule has 0 aliphatic heterocycles. The number of rotatable bonds is 4. The summed E-state index contributed by atoms with van der Waals surface area (Å²) in [5.74, 6) is 1.71. The second kappa shape index (κ2) is 4.68. The standard InChI is InChI=1S/C16H23N3O2/c1-5-12-18-19-13(21-12)9-17-14(20)16-7-6-11(8-16)15(3,4)10(16)2/h11H,2,5-9H2,1,3-4H3,(H,17,20)/t11-,16-/m0/s1. The van der Waals surface area contributed by atoms with Gasteiger partial charge < -0.3 is 9.73 Å². The lowest BCUT2D eigenvalue weighted by atomic mass is 9.68. The Balaban J connectivity index is 1.70. The summed E-state index contributed by atoms with van der Waals surface area (Å²) < 4.78 is 5.43. The van der Waals surface area contributed by atoms with E-state index in [2.05, 4.69) is 35.9 Å². The van der Waals surface area contributed by atoms with Gasteiger partial charge in [-0.15, -0.1) is 10.2 Å². The SMILES string of the molecule is C=C1C(C)(C)[C@H]2CC[C@]1(C(=O)NCc1nnc(CC)o1)C2. The minimum absolute atomic E-state index is 0.0649. The molecule has 1 amide bonds. The van der Waals surface area contributed by atoms with Crippen molar-refractivity contribution in [3.8, 4) is 0 Å². The van der Waals surface area contributed by atoms with Gasteiger partial charge in [-0.3, -0.25) is 4.79 Å². The molecule has 114 valence electrons. The lowest BCUT2D eigenvalue weighted by Gasteiger charge is -2.37. The van der Waals surface area contributed by atoms with Gasteiger partial charge in [0.15, 0.2) is 0 Å². The van der Waals surface area contributed by atoms with Crippen molar-refractivity contribution in [3.05, 3.63) is 23.9 Å². The van der Waals surface area contributed by atoms with E-state index in [1.54, 1.807) is 0 Å². The van der Waals surface area contributed by atoms with Crippen LogP contribution in [0.25, 0.3) is 0 Å². The zero-order valence-electron chi connectivity index (χ0n) is 13.0. The molecule has 3 rings (SSSR count). The molecule has 0 spiro atoms. The molecule has 0 aromatic carbocycles. The van der Waals surface area contributed by atoms with Gasteiger partial charge in [0.1, 0.15) is 0 Å². The maximum Gasteiger partial charge on any atom is 0.235 e. The molecular weight excluding hydrogens is 266 g/mol. The van der Waals surface area contributed by atoms with Crippen LogP contribution in [-0.2, 0) is 17.8 Å². The number of nitrogens with zero attached hydrogens (tertiary/aromatic N) is 2. The molecule has 2 fully saturated rings. The van der Waals surface area contributed by atoms with Crippen LogP contribution in [0, 0.1) is 16.7 Å². The van der Waals surface area contributed by atoms with Crippen molar-refractivity contribution in [2.24, 2.45) is 16.7 Å². The molecule has 2 aliphatic rings. The van der Waals surface area contributed by atoms with Gasteiger partial charge in [0, 0.05) is 6.42 Å². The average molecular weight is 289 g/mol. The van der Waals surface area contributed by atoms with E-state index in [9.17, 15) is 4.79 Å². The van der Waals surface area contributed by atoms with Gasteiger partial charge >= 0.3 is 0 Å². The molecule has 5 heteroatoms. The smallest absolute Gasteiger partial charge is 0.235 e. The zero-order chi connectivity index (χ0) is 15.3. The summed E-state index contributed by atoms with van der Waals surface area (Å²) >= 11 is 0. The molecule has 1 aromatic rings. The Morgan fingerprint density at radius 2 is 2.14 bits per heavy atom. The Hall–Kier alpha value is -1.65. The lowest BCUT2D eigenvalue weighted by molar-refractivity contribution is -0.129. The van der Waals surface area contributed by atoms with Crippen LogP contribution in [-0.4, -0.2) is 16.1 Å². The number of nitrogens with one attached hydrogen (secondary N) is 1. The maximum atomic E-state index is 12.7. The van der Waals surface area contributed by atoms with Crippen molar-refractivity contribution >= 4 is 5.91 Å². The molecule has 1 N–H and O–H groups in total. The van der Waals surface area contributed by atoms with Crippen LogP contribution in [0.15, 0.2) is 16.6 Å². The quantitative estimate of drug-likeness (QED) is 0.865. The first-order chi connectivity index (χ1) is 9.90. The Morgan fingerprint density at radius 1 is 1.43 bits per heavy atom. The Morgan fingerprint density at radius 3 is 2.71 bits per heavy atom. The van der Waals surface area contributed by atoms with Crippen LogP contribution >= 0.6 is 0 Å². The fraction of sp³-hybridized carbons (Fsp3) is 0.688. The summed E-state index contributed by atoms with van der Waals surface area (Å²) in [5.41, 5.74) is 0.764. The van der Waals surface area contributed by atoms with E-state index < -0.39 is 0 Å². The van der Waals surface area contributed by atoms with Crippen molar-refractivity contribution in [1.82, 2.24) is 15.5 Å². The molecule has 0 saturated heterocycles. The number of aryl methyl sites for hydroxylation is 1. The van der Waals surface area contributed by atoms with Gasteiger partial charge in [0.05, 0.1) is 12.0 Å². The largest absolute Gasteiger partial charge is 0.423 e. The molecule has 2 bridgehead atoms. The summed E-state index contributed by atoms with van der Waals surface area (Å²) in [6.07, 6.45) is 3.65. The summed E-state index contributed by atoms with van der Waals surface area (Å²) in [6.45, 7) is 10.9. The minimum Gasteiger partial charge on any atom is -0.423 e. The molecular formula is C16H23N3O2. The average Bonchev–Trinajstić information content (AvgIpc) is 3.14. The summed E-state index contributed by atoms with van der Waals surface area (Å²) in [5, 5.41) is 10.8. The highest BCUT2D eigenvalue weighted by Crippen LogP contribution is 2.65. The molecule has 2 aliphatic carbocycles. The second-order valence-electron chi connectivity index (χ2n) is 6.85. The van der Waals surface area contributed by atoms with Crippen LogP contribution in [0.5, 0.6) is 0 Å². The molecule has 5 nitrogen and oxygen atoms in total. The van der Waals surface area contributed by atoms with Crippen molar-refractivity contribution in [1.29, 1.82) is 0 Å². The first kappa shape index (κ1) is 14.3. The van der Waals surface area contributed by atoms with E-state index in [4.69, 9.17) is 4.42 Å². The summed E-state index contributed by atoms with van der Waals surface area (Å²) in [6, 6.07) is 0. The number of hydrogen-bond donors (Lipinski definition) is 1. The molecule has 1 heterocycles. The number of carbonyl (C=O) groups excluding carboxylic acids is 1. The molecule has 21 heavy (non-hydrogen) atoms. The maximum absolute atomic E-state index is 12.7. The van der Waals surface area contributed by atoms with E-state index >= 15 is 0 Å². The van der Waals surface area contributed by atoms with Crippen LogP contribution in [0.4, 0.5) is 0 Å². The third kappa shape index (κ3) is 2.01. The number of hydrogen-bond acceptors (Lipinski definition) is 4. The van der Waals surface area contributed by atoms with Crippen molar-refractivity contribution in [2.75, 3.05) is 0 Å². The molecule has 2 saturated carbocycles. The Kier molecular flexibility index (Phi) is 3.19. The van der Waals surface area contributed by atoms with Crippen molar-refractivity contribution in [2.45, 2.75) is 53.0 Å². The number of carbonyl (C=O) groups is 1.